The van der Waals surface area contributed by atoms with E-state index in [1.807, 2.05) is 16.8 Å². The normalized spacial score (nSPS) is 10.7. The Balaban J connectivity index is 2.38. The largest absolute Gasteiger partial charge is 0.381 e. The molecule has 2 rings (SSSR count). The molecule has 0 aliphatic rings. The molecule has 0 radical (unpaired) electrons. The lowest BCUT2D eigenvalue weighted by Crippen LogP contribution is -2.03. The van der Waals surface area contributed by atoms with E-state index in [-0.39, 0.29) is 0 Å². The first-order chi connectivity index (χ1) is 8.26. The number of aromatic nitrogens is 3. The number of nitrogens with two attached hydrogens (primary N) is 1. The van der Waals surface area contributed by atoms with Gasteiger partial charge in [0.15, 0.2) is 5.82 Å². The Kier molecular flexibility index (Phi) is 3.68. The number of hydrogen-bond donors (Lipinski definition) is 1. The van der Waals surface area contributed by atoms with Gasteiger partial charge in [0.05, 0.1) is 11.4 Å². The van der Waals surface area contributed by atoms with Gasteiger partial charge in [-0.25, -0.2) is 4.68 Å². The molecule has 0 aliphatic heterocycles. The van der Waals surface area contributed by atoms with Gasteiger partial charge in [0, 0.05) is 4.90 Å². The standard InChI is InChI=1S/C12H16N4S/c1-3-4-11-12(13)14-15-16(11)9-5-7-10(17-2)8-6-9/h5-8H,3-4,13H2,1-2H3. The Labute approximate surface area is 105 Å². The lowest BCUT2D eigenvalue weighted by atomic mass is 10.2. The van der Waals surface area contributed by atoms with Crippen LogP contribution in [0.5, 0.6) is 0 Å². The van der Waals surface area contributed by atoms with Crippen LogP contribution in [0.4, 0.5) is 5.82 Å². The Bertz CT molecular complexity index is 490. The number of anilines is 1. The first-order valence-corrected chi connectivity index (χ1v) is 6.83. The first kappa shape index (κ1) is 12.0. The van der Waals surface area contributed by atoms with Gasteiger partial charge < -0.3 is 5.73 Å². The van der Waals surface area contributed by atoms with E-state index < -0.39 is 0 Å². The van der Waals surface area contributed by atoms with Crippen LogP contribution >= 0.6 is 11.8 Å². The topological polar surface area (TPSA) is 56.7 Å². The number of rotatable bonds is 4. The van der Waals surface area contributed by atoms with E-state index in [0.29, 0.717) is 5.82 Å². The highest BCUT2D eigenvalue weighted by atomic mass is 32.2. The molecule has 0 atom stereocenters. The van der Waals surface area contributed by atoms with Crippen LogP contribution in [-0.2, 0) is 6.42 Å². The van der Waals surface area contributed by atoms with Crippen LogP contribution in [-0.4, -0.2) is 21.2 Å². The van der Waals surface area contributed by atoms with Crippen molar-refractivity contribution >= 4 is 17.6 Å². The molecule has 1 heterocycles. The van der Waals surface area contributed by atoms with Crippen molar-refractivity contribution in [1.29, 1.82) is 0 Å². The molecule has 0 bridgehead atoms. The zero-order chi connectivity index (χ0) is 12.3. The Morgan fingerprint density at radius 2 is 2.00 bits per heavy atom. The summed E-state index contributed by atoms with van der Waals surface area (Å²) in [6.07, 6.45) is 3.98. The van der Waals surface area contributed by atoms with Crippen LogP contribution in [0.1, 0.15) is 19.0 Å². The maximum absolute atomic E-state index is 5.82. The van der Waals surface area contributed by atoms with Gasteiger partial charge in [0.2, 0.25) is 0 Å². The first-order valence-electron chi connectivity index (χ1n) is 5.60. The molecule has 1 aromatic carbocycles. The monoisotopic (exact) mass is 248 g/mol. The molecule has 4 nitrogen and oxygen atoms in total. The third kappa shape index (κ3) is 2.44. The van der Waals surface area contributed by atoms with Crippen molar-refractivity contribution in [2.75, 3.05) is 12.0 Å². The maximum Gasteiger partial charge on any atom is 0.169 e. The summed E-state index contributed by atoms with van der Waals surface area (Å²) in [6.45, 7) is 2.12. The highest BCUT2D eigenvalue weighted by Gasteiger charge is 2.10. The smallest absolute Gasteiger partial charge is 0.169 e. The second kappa shape index (κ2) is 5.23. The number of hydrogen-bond acceptors (Lipinski definition) is 4. The maximum atomic E-state index is 5.82. The second-order valence-corrected chi connectivity index (χ2v) is 4.66. The third-order valence-corrected chi connectivity index (χ3v) is 3.34. The molecule has 0 saturated heterocycles. The summed E-state index contributed by atoms with van der Waals surface area (Å²) in [5.41, 5.74) is 7.82. The van der Waals surface area contributed by atoms with E-state index in [0.717, 1.165) is 24.2 Å². The molecule has 90 valence electrons. The molecule has 5 heteroatoms. The molecule has 2 N–H and O–H groups in total. The predicted octanol–water partition coefficient (Wildman–Crippen LogP) is 2.52. The SMILES string of the molecule is CCCc1c(N)nnn1-c1ccc(SC)cc1. The quantitative estimate of drug-likeness (QED) is 0.845. The minimum atomic E-state index is 0.529. The van der Waals surface area contributed by atoms with Gasteiger partial charge in [-0.05, 0) is 36.9 Å². The Hall–Kier alpha value is -1.49. The van der Waals surface area contributed by atoms with Crippen molar-refractivity contribution in [2.45, 2.75) is 24.7 Å². The van der Waals surface area contributed by atoms with Gasteiger partial charge in [-0.2, -0.15) is 0 Å². The van der Waals surface area contributed by atoms with E-state index in [2.05, 4.69) is 35.6 Å². The van der Waals surface area contributed by atoms with E-state index in [4.69, 9.17) is 5.73 Å². The Morgan fingerprint density at radius 1 is 1.29 bits per heavy atom. The number of benzene rings is 1. The summed E-state index contributed by atoms with van der Waals surface area (Å²) in [6, 6.07) is 8.24. The van der Waals surface area contributed by atoms with Crippen molar-refractivity contribution in [2.24, 2.45) is 0 Å². The molecule has 1 aromatic heterocycles. The van der Waals surface area contributed by atoms with Gasteiger partial charge in [0.25, 0.3) is 0 Å². The van der Waals surface area contributed by atoms with E-state index >= 15 is 0 Å². The van der Waals surface area contributed by atoms with Crippen molar-refractivity contribution in [3.05, 3.63) is 30.0 Å². The summed E-state index contributed by atoms with van der Waals surface area (Å²) in [4.78, 5) is 1.24. The highest BCUT2D eigenvalue weighted by molar-refractivity contribution is 7.98. The lowest BCUT2D eigenvalue weighted by molar-refractivity contribution is 0.745. The van der Waals surface area contributed by atoms with Crippen LogP contribution in [0.25, 0.3) is 5.69 Å². The zero-order valence-electron chi connectivity index (χ0n) is 10.1. The van der Waals surface area contributed by atoms with Crippen LogP contribution < -0.4 is 5.73 Å². The van der Waals surface area contributed by atoms with E-state index in [1.165, 1.54) is 4.90 Å². The van der Waals surface area contributed by atoms with Crippen molar-refractivity contribution < 1.29 is 0 Å². The minimum Gasteiger partial charge on any atom is -0.381 e. The molecule has 0 unspecified atom stereocenters. The van der Waals surface area contributed by atoms with E-state index in [9.17, 15) is 0 Å². The molecular formula is C12H16N4S. The number of thioether (sulfide) groups is 1. The fraction of sp³-hybridized carbons (Fsp3) is 0.333. The van der Waals surface area contributed by atoms with Gasteiger partial charge in [-0.3, -0.25) is 0 Å². The summed E-state index contributed by atoms with van der Waals surface area (Å²) in [5, 5.41) is 8.03. The molecule has 0 aliphatic carbocycles. The van der Waals surface area contributed by atoms with Crippen LogP contribution in [0.2, 0.25) is 0 Å². The fourth-order valence-corrected chi connectivity index (χ4v) is 2.12. The van der Waals surface area contributed by atoms with Crippen LogP contribution in [0.3, 0.4) is 0 Å². The molecule has 0 spiro atoms. The number of nitrogens with zero attached hydrogens (tertiary/aromatic N) is 3. The molecule has 17 heavy (non-hydrogen) atoms. The molecular weight excluding hydrogens is 232 g/mol. The van der Waals surface area contributed by atoms with Gasteiger partial charge in [-0.1, -0.05) is 18.6 Å². The van der Waals surface area contributed by atoms with Gasteiger partial charge in [0.1, 0.15) is 0 Å². The highest BCUT2D eigenvalue weighted by Crippen LogP contribution is 2.19. The van der Waals surface area contributed by atoms with Crippen LogP contribution in [0.15, 0.2) is 29.2 Å². The van der Waals surface area contributed by atoms with E-state index in [1.54, 1.807) is 11.8 Å². The summed E-state index contributed by atoms with van der Waals surface area (Å²) in [7, 11) is 0. The van der Waals surface area contributed by atoms with Crippen molar-refractivity contribution in [3.63, 3.8) is 0 Å². The average Bonchev–Trinajstić information content (AvgIpc) is 2.72. The zero-order valence-corrected chi connectivity index (χ0v) is 10.9. The Morgan fingerprint density at radius 3 is 2.59 bits per heavy atom. The van der Waals surface area contributed by atoms with Crippen molar-refractivity contribution in [3.8, 4) is 5.69 Å². The fourth-order valence-electron chi connectivity index (χ4n) is 1.71. The molecule has 0 amide bonds. The number of nitrogen functional groups attached to an aromatic ring is 1. The molecule has 2 aromatic rings. The van der Waals surface area contributed by atoms with Gasteiger partial charge >= 0.3 is 0 Å². The molecule has 0 saturated carbocycles. The molecule has 0 fully saturated rings. The second-order valence-electron chi connectivity index (χ2n) is 3.78. The lowest BCUT2D eigenvalue weighted by Gasteiger charge is -2.06. The summed E-state index contributed by atoms with van der Waals surface area (Å²) >= 11 is 1.72. The summed E-state index contributed by atoms with van der Waals surface area (Å²) in [5.74, 6) is 0.529. The predicted molar refractivity (Wildman–Crippen MR) is 71.5 cm³/mol. The van der Waals surface area contributed by atoms with Gasteiger partial charge in [-0.15, -0.1) is 16.9 Å². The van der Waals surface area contributed by atoms with Crippen LogP contribution in [0, 0.1) is 0 Å². The van der Waals surface area contributed by atoms with Crippen molar-refractivity contribution in [1.82, 2.24) is 15.0 Å². The summed E-state index contributed by atoms with van der Waals surface area (Å²) < 4.78 is 1.82. The average molecular weight is 248 g/mol. The minimum absolute atomic E-state index is 0.529. The third-order valence-electron chi connectivity index (χ3n) is 2.60.